The van der Waals surface area contributed by atoms with Gasteiger partial charge in [0, 0.05) is 6.42 Å². The topological polar surface area (TPSA) is 105 Å². The molecule has 0 aromatic carbocycles. The van der Waals surface area contributed by atoms with Crippen LogP contribution in [0.5, 0.6) is 0 Å². The molecule has 3 atom stereocenters. The molecule has 0 rings (SSSR count). The van der Waals surface area contributed by atoms with Crippen molar-refractivity contribution in [3.63, 3.8) is 0 Å². The maximum absolute atomic E-state index is 12.9. The minimum Gasteiger partial charge on any atom is -0.391 e. The SMILES string of the molecule is CCCCC/C=C\C=C/CCCCCCCCCCCCC(=O)NC(COP(=O)(O)OCC[N+](C)(C)C)C(O)CCCCCCCCCCCCC. The number of hydrogen-bond donors (Lipinski definition) is 3. The van der Waals surface area contributed by atoms with Gasteiger partial charge in [-0.25, -0.2) is 4.57 Å². The molecule has 0 aliphatic heterocycles. The number of allylic oxidation sites excluding steroid dienone is 4. The van der Waals surface area contributed by atoms with Crippen LogP contribution in [-0.4, -0.2) is 73.4 Å². The fourth-order valence-electron chi connectivity index (χ4n) is 6.21. The van der Waals surface area contributed by atoms with Gasteiger partial charge in [0.05, 0.1) is 39.9 Å². The van der Waals surface area contributed by atoms with E-state index in [1.807, 2.05) is 21.1 Å². The average molecular weight is 758 g/mol. The highest BCUT2D eigenvalue weighted by atomic mass is 31.2. The van der Waals surface area contributed by atoms with Gasteiger partial charge in [-0.1, -0.05) is 173 Å². The third kappa shape index (κ3) is 37.3. The summed E-state index contributed by atoms with van der Waals surface area (Å²) in [6.07, 6.45) is 40.5. The predicted molar refractivity (Wildman–Crippen MR) is 221 cm³/mol. The lowest BCUT2D eigenvalue weighted by Crippen LogP contribution is -2.46. The highest BCUT2D eigenvalue weighted by molar-refractivity contribution is 7.47. The number of phosphoric ester groups is 1. The minimum atomic E-state index is -4.31. The molecule has 3 N–H and O–H groups in total. The van der Waals surface area contributed by atoms with Crippen LogP contribution in [0.15, 0.2) is 24.3 Å². The number of nitrogens with one attached hydrogen (secondary N) is 1. The Bertz CT molecular complexity index is 907. The Morgan fingerprint density at radius 3 is 1.58 bits per heavy atom. The molecular weight excluding hydrogens is 671 g/mol. The van der Waals surface area contributed by atoms with Crippen LogP contribution in [0.2, 0.25) is 0 Å². The van der Waals surface area contributed by atoms with Crippen LogP contribution < -0.4 is 5.32 Å². The molecule has 0 radical (unpaired) electrons. The zero-order valence-electron chi connectivity index (χ0n) is 34.8. The van der Waals surface area contributed by atoms with Gasteiger partial charge in [-0.3, -0.25) is 13.8 Å². The van der Waals surface area contributed by atoms with Crippen LogP contribution in [-0.2, 0) is 18.4 Å². The lowest BCUT2D eigenvalue weighted by Gasteiger charge is -2.26. The number of aliphatic hydroxyl groups is 1. The Kier molecular flexibility index (Phi) is 35.0. The number of carbonyl (C=O) groups is 1. The second-order valence-electron chi connectivity index (χ2n) is 16.1. The molecule has 52 heavy (non-hydrogen) atoms. The summed E-state index contributed by atoms with van der Waals surface area (Å²) in [7, 11) is 1.61. The van der Waals surface area contributed by atoms with E-state index >= 15 is 0 Å². The van der Waals surface area contributed by atoms with Gasteiger partial charge in [0.15, 0.2) is 0 Å². The highest BCUT2D eigenvalue weighted by Gasteiger charge is 2.28. The van der Waals surface area contributed by atoms with Crippen molar-refractivity contribution in [2.75, 3.05) is 40.9 Å². The number of phosphoric acid groups is 1. The molecule has 1 amide bonds. The largest absolute Gasteiger partial charge is 0.472 e. The van der Waals surface area contributed by atoms with E-state index in [1.54, 1.807) is 0 Å². The van der Waals surface area contributed by atoms with E-state index in [0.717, 1.165) is 38.5 Å². The summed E-state index contributed by atoms with van der Waals surface area (Å²) in [6.45, 7) is 4.84. The number of nitrogens with zero attached hydrogens (tertiary/aromatic N) is 1. The Hall–Kier alpha value is -1.02. The minimum absolute atomic E-state index is 0.0744. The Morgan fingerprint density at radius 1 is 0.654 bits per heavy atom. The van der Waals surface area contributed by atoms with E-state index in [4.69, 9.17) is 9.05 Å². The molecule has 0 aliphatic carbocycles. The number of quaternary nitrogens is 1. The van der Waals surface area contributed by atoms with Crippen molar-refractivity contribution >= 4 is 13.7 Å². The van der Waals surface area contributed by atoms with Gasteiger partial charge < -0.3 is 19.8 Å². The average Bonchev–Trinajstić information content (AvgIpc) is 3.09. The maximum atomic E-state index is 12.9. The van der Waals surface area contributed by atoms with Crippen LogP contribution >= 0.6 is 7.82 Å². The van der Waals surface area contributed by atoms with Gasteiger partial charge in [0.1, 0.15) is 13.2 Å². The van der Waals surface area contributed by atoms with Crippen molar-refractivity contribution in [2.24, 2.45) is 0 Å². The monoisotopic (exact) mass is 758 g/mol. The van der Waals surface area contributed by atoms with Gasteiger partial charge in [0.2, 0.25) is 5.91 Å². The van der Waals surface area contributed by atoms with Crippen LogP contribution in [0.25, 0.3) is 0 Å². The number of amides is 1. The standard InChI is InChI=1S/C43H85N2O6P/c1-6-8-10-12-14-16-18-19-20-21-22-23-24-25-27-29-31-33-35-37-43(47)44-41(40-51-52(48,49)50-39-38-45(3,4)5)42(46)36-34-32-30-28-26-17-15-13-11-9-7-2/h14,16,18-19,41-42,46H,6-13,15,17,20-40H2,1-5H3,(H-,44,47,48,49)/p+1/b16-14-,19-18-. The summed E-state index contributed by atoms with van der Waals surface area (Å²) >= 11 is 0. The van der Waals surface area contributed by atoms with Crippen LogP contribution in [0, 0.1) is 0 Å². The van der Waals surface area contributed by atoms with E-state index in [9.17, 15) is 19.4 Å². The molecule has 0 bridgehead atoms. The first-order valence-corrected chi connectivity index (χ1v) is 23.2. The summed E-state index contributed by atoms with van der Waals surface area (Å²) in [4.78, 5) is 23.1. The van der Waals surface area contributed by atoms with E-state index in [0.29, 0.717) is 23.9 Å². The Labute approximate surface area is 322 Å². The maximum Gasteiger partial charge on any atom is 0.472 e. The molecule has 0 fully saturated rings. The summed E-state index contributed by atoms with van der Waals surface area (Å²) in [5, 5.41) is 13.9. The Balaban J connectivity index is 4.32. The van der Waals surface area contributed by atoms with Gasteiger partial charge in [-0.05, 0) is 38.5 Å². The van der Waals surface area contributed by atoms with Gasteiger partial charge in [0.25, 0.3) is 0 Å². The molecule has 0 aliphatic rings. The molecule has 8 nitrogen and oxygen atoms in total. The number of aliphatic hydroxyl groups excluding tert-OH is 1. The molecule has 0 heterocycles. The van der Waals surface area contributed by atoms with E-state index in [1.165, 1.54) is 128 Å². The van der Waals surface area contributed by atoms with Crippen molar-refractivity contribution < 1.29 is 32.9 Å². The van der Waals surface area contributed by atoms with Crippen molar-refractivity contribution in [1.29, 1.82) is 0 Å². The van der Waals surface area contributed by atoms with Gasteiger partial charge in [-0.2, -0.15) is 0 Å². The zero-order valence-corrected chi connectivity index (χ0v) is 35.7. The number of rotatable bonds is 39. The molecule has 3 unspecified atom stereocenters. The molecule has 0 saturated carbocycles. The quantitative estimate of drug-likeness (QED) is 0.0250. The van der Waals surface area contributed by atoms with Gasteiger partial charge in [-0.15, -0.1) is 0 Å². The van der Waals surface area contributed by atoms with Crippen LogP contribution in [0.4, 0.5) is 0 Å². The number of carbonyl (C=O) groups excluding carboxylic acids is 1. The molecular formula is C43H86N2O6P+. The number of likely N-dealkylation sites (N-methyl/N-ethyl adjacent to an activating group) is 1. The molecule has 9 heteroatoms. The summed E-state index contributed by atoms with van der Waals surface area (Å²) in [6, 6.07) is -0.758. The van der Waals surface area contributed by atoms with E-state index in [-0.39, 0.29) is 19.1 Å². The second kappa shape index (κ2) is 35.7. The van der Waals surface area contributed by atoms with Crippen molar-refractivity contribution in [2.45, 2.75) is 206 Å². The van der Waals surface area contributed by atoms with Crippen molar-refractivity contribution in [1.82, 2.24) is 5.32 Å². The van der Waals surface area contributed by atoms with Crippen LogP contribution in [0.1, 0.15) is 194 Å². The fraction of sp³-hybridized carbons (Fsp3) is 0.884. The molecule has 0 saturated heterocycles. The summed E-state index contributed by atoms with van der Waals surface area (Å²) in [5.74, 6) is -0.150. The molecule has 0 spiro atoms. The fourth-order valence-corrected chi connectivity index (χ4v) is 6.95. The second-order valence-corrected chi connectivity index (χ2v) is 17.6. The first-order chi connectivity index (χ1) is 25.0. The predicted octanol–water partition coefficient (Wildman–Crippen LogP) is 11.7. The zero-order chi connectivity index (χ0) is 38.6. The Morgan fingerprint density at radius 2 is 1.08 bits per heavy atom. The smallest absolute Gasteiger partial charge is 0.391 e. The highest BCUT2D eigenvalue weighted by Crippen LogP contribution is 2.43. The number of unbranched alkanes of at least 4 members (excludes halogenated alkanes) is 23. The van der Waals surface area contributed by atoms with E-state index < -0.39 is 20.0 Å². The van der Waals surface area contributed by atoms with E-state index in [2.05, 4.69) is 43.5 Å². The molecule has 0 aromatic heterocycles. The van der Waals surface area contributed by atoms with Crippen molar-refractivity contribution in [3.8, 4) is 0 Å². The first-order valence-electron chi connectivity index (χ1n) is 21.7. The normalized spacial score (nSPS) is 14.7. The number of hydrogen-bond acceptors (Lipinski definition) is 5. The lowest BCUT2D eigenvalue weighted by atomic mass is 10.0. The third-order valence-electron chi connectivity index (χ3n) is 9.73. The summed E-state index contributed by atoms with van der Waals surface area (Å²) in [5.41, 5.74) is 0. The van der Waals surface area contributed by atoms with Crippen molar-refractivity contribution in [3.05, 3.63) is 24.3 Å². The van der Waals surface area contributed by atoms with Gasteiger partial charge >= 0.3 is 7.82 Å². The lowest BCUT2D eigenvalue weighted by molar-refractivity contribution is -0.870. The molecule has 0 aromatic rings. The first kappa shape index (κ1) is 51.0. The van der Waals surface area contributed by atoms with Crippen LogP contribution in [0.3, 0.4) is 0 Å². The molecule has 308 valence electrons. The third-order valence-corrected chi connectivity index (χ3v) is 10.7. The summed E-state index contributed by atoms with van der Waals surface area (Å²) < 4.78 is 23.6.